The van der Waals surface area contributed by atoms with E-state index < -0.39 is 5.60 Å². The third kappa shape index (κ3) is 2.93. The number of piperidine rings is 1. The Bertz CT molecular complexity index is 507. The van der Waals surface area contributed by atoms with Crippen LogP contribution < -0.4 is 4.90 Å². The van der Waals surface area contributed by atoms with Crippen molar-refractivity contribution < 1.29 is 5.11 Å². The molecule has 0 amide bonds. The largest absolute Gasteiger partial charge is 0.389 e. The number of hydrogen-bond acceptors (Lipinski definition) is 5. The normalized spacial score (nSPS) is 18.5. The van der Waals surface area contributed by atoms with Crippen molar-refractivity contribution in [3.63, 3.8) is 0 Å². The molecule has 1 fully saturated rings. The number of nitrogens with zero attached hydrogens (tertiary/aromatic N) is 3. The maximum atomic E-state index is 10.7. The van der Waals surface area contributed by atoms with Gasteiger partial charge in [-0.3, -0.25) is 4.98 Å². The summed E-state index contributed by atoms with van der Waals surface area (Å²) in [6.45, 7) is 1.72. The zero-order valence-electron chi connectivity index (χ0n) is 10.7. The molecule has 5 heteroatoms. The molecule has 1 N–H and O–H groups in total. The Balaban J connectivity index is 1.62. The average molecular weight is 275 g/mol. The molecule has 0 spiro atoms. The average Bonchev–Trinajstić information content (AvgIpc) is 2.94. The molecule has 3 rings (SSSR count). The molecule has 3 heterocycles. The summed E-state index contributed by atoms with van der Waals surface area (Å²) in [5, 5.41) is 13.7. The first-order valence-corrected chi connectivity index (χ1v) is 7.40. The van der Waals surface area contributed by atoms with Gasteiger partial charge in [0.1, 0.15) is 0 Å². The molecule has 4 nitrogen and oxygen atoms in total. The van der Waals surface area contributed by atoms with E-state index in [1.54, 1.807) is 17.5 Å². The van der Waals surface area contributed by atoms with Crippen LogP contribution in [0.3, 0.4) is 0 Å². The summed E-state index contributed by atoms with van der Waals surface area (Å²) in [7, 11) is 0. The van der Waals surface area contributed by atoms with Gasteiger partial charge in [-0.15, -0.1) is 11.3 Å². The molecule has 19 heavy (non-hydrogen) atoms. The Labute approximate surface area is 116 Å². The minimum atomic E-state index is -0.623. The molecule has 0 aliphatic carbocycles. The van der Waals surface area contributed by atoms with Gasteiger partial charge in [-0.1, -0.05) is 6.07 Å². The van der Waals surface area contributed by atoms with Crippen LogP contribution in [-0.4, -0.2) is 33.8 Å². The molecule has 0 unspecified atom stereocenters. The topological polar surface area (TPSA) is 49.3 Å². The maximum absolute atomic E-state index is 10.7. The smallest absolute Gasteiger partial charge is 0.185 e. The third-order valence-corrected chi connectivity index (χ3v) is 4.45. The van der Waals surface area contributed by atoms with Crippen LogP contribution in [0.4, 0.5) is 5.13 Å². The van der Waals surface area contributed by atoms with Crippen LogP contribution in [0, 0.1) is 0 Å². The van der Waals surface area contributed by atoms with Gasteiger partial charge in [-0.05, 0) is 25.0 Å². The molecular formula is C14H17N3OS. The Morgan fingerprint density at radius 3 is 2.68 bits per heavy atom. The van der Waals surface area contributed by atoms with Crippen LogP contribution in [0.25, 0.3) is 0 Å². The predicted molar refractivity (Wildman–Crippen MR) is 76.5 cm³/mol. The van der Waals surface area contributed by atoms with Crippen molar-refractivity contribution in [3.8, 4) is 0 Å². The SMILES string of the molecule is OC1(Cc2ccccn2)CCN(c2nccs2)CC1. The van der Waals surface area contributed by atoms with Gasteiger partial charge in [0, 0.05) is 43.0 Å². The van der Waals surface area contributed by atoms with Crippen LogP contribution in [-0.2, 0) is 6.42 Å². The fourth-order valence-electron chi connectivity index (χ4n) is 2.50. The molecule has 0 aromatic carbocycles. The fraction of sp³-hybridized carbons (Fsp3) is 0.429. The van der Waals surface area contributed by atoms with Gasteiger partial charge in [0.25, 0.3) is 0 Å². The molecule has 100 valence electrons. The highest BCUT2D eigenvalue weighted by Crippen LogP contribution is 2.29. The number of thiazole rings is 1. The van der Waals surface area contributed by atoms with E-state index in [2.05, 4.69) is 14.9 Å². The van der Waals surface area contributed by atoms with Crippen molar-refractivity contribution >= 4 is 16.5 Å². The lowest BCUT2D eigenvalue weighted by molar-refractivity contribution is 0.0157. The molecule has 2 aromatic heterocycles. The van der Waals surface area contributed by atoms with Crippen molar-refractivity contribution in [1.82, 2.24) is 9.97 Å². The van der Waals surface area contributed by atoms with E-state index in [-0.39, 0.29) is 0 Å². The maximum Gasteiger partial charge on any atom is 0.185 e. The van der Waals surface area contributed by atoms with Crippen molar-refractivity contribution in [3.05, 3.63) is 41.7 Å². The van der Waals surface area contributed by atoms with Crippen LogP contribution in [0.1, 0.15) is 18.5 Å². The lowest BCUT2D eigenvalue weighted by Crippen LogP contribution is -2.45. The Kier molecular flexibility index (Phi) is 3.48. The minimum absolute atomic E-state index is 0.623. The Morgan fingerprint density at radius 1 is 1.21 bits per heavy atom. The zero-order chi connectivity index (χ0) is 13.1. The number of anilines is 1. The van der Waals surface area contributed by atoms with E-state index >= 15 is 0 Å². The quantitative estimate of drug-likeness (QED) is 0.932. The molecule has 0 atom stereocenters. The molecule has 2 aromatic rings. The standard InChI is InChI=1S/C14H17N3OS/c18-14(11-12-3-1-2-6-15-12)4-8-17(9-5-14)13-16-7-10-19-13/h1-3,6-7,10,18H,4-5,8-9,11H2. The number of hydrogen-bond donors (Lipinski definition) is 1. The highest BCUT2D eigenvalue weighted by Gasteiger charge is 2.33. The summed E-state index contributed by atoms with van der Waals surface area (Å²) < 4.78 is 0. The van der Waals surface area contributed by atoms with Crippen LogP contribution >= 0.6 is 11.3 Å². The lowest BCUT2D eigenvalue weighted by atomic mass is 9.87. The predicted octanol–water partition coefficient (Wildman–Crippen LogP) is 2.11. The molecule has 1 saturated heterocycles. The second kappa shape index (κ2) is 5.27. The summed E-state index contributed by atoms with van der Waals surface area (Å²) in [5.41, 5.74) is 0.343. The number of aliphatic hydroxyl groups is 1. The van der Waals surface area contributed by atoms with Crippen LogP contribution in [0.2, 0.25) is 0 Å². The molecule has 0 bridgehead atoms. The molecule has 1 aliphatic rings. The van der Waals surface area contributed by atoms with Gasteiger partial charge >= 0.3 is 0 Å². The highest BCUT2D eigenvalue weighted by molar-refractivity contribution is 7.13. The van der Waals surface area contributed by atoms with Gasteiger partial charge in [0.2, 0.25) is 0 Å². The first-order chi connectivity index (χ1) is 9.25. The summed E-state index contributed by atoms with van der Waals surface area (Å²) in [6.07, 6.45) is 5.78. The first kappa shape index (κ1) is 12.6. The molecule has 0 saturated carbocycles. The summed E-state index contributed by atoms with van der Waals surface area (Å²) in [5.74, 6) is 0. The number of pyridine rings is 1. The number of aromatic nitrogens is 2. The van der Waals surface area contributed by atoms with Crippen LogP contribution in [0.15, 0.2) is 36.0 Å². The summed E-state index contributed by atoms with van der Waals surface area (Å²) in [4.78, 5) is 10.9. The van der Waals surface area contributed by atoms with Crippen molar-refractivity contribution in [1.29, 1.82) is 0 Å². The number of rotatable bonds is 3. The summed E-state index contributed by atoms with van der Waals surface area (Å²) >= 11 is 1.65. The van der Waals surface area contributed by atoms with Gasteiger partial charge in [-0.25, -0.2) is 4.98 Å². The second-order valence-electron chi connectivity index (χ2n) is 5.02. The van der Waals surface area contributed by atoms with E-state index in [1.807, 2.05) is 29.8 Å². The van der Waals surface area contributed by atoms with E-state index in [1.165, 1.54) is 0 Å². The van der Waals surface area contributed by atoms with Crippen LogP contribution in [0.5, 0.6) is 0 Å². The first-order valence-electron chi connectivity index (χ1n) is 6.52. The van der Waals surface area contributed by atoms with E-state index in [0.717, 1.165) is 36.8 Å². The van der Waals surface area contributed by atoms with E-state index in [4.69, 9.17) is 0 Å². The van der Waals surface area contributed by atoms with Gasteiger partial charge < -0.3 is 10.0 Å². The fourth-order valence-corrected chi connectivity index (χ4v) is 3.20. The van der Waals surface area contributed by atoms with E-state index in [9.17, 15) is 5.11 Å². The Morgan fingerprint density at radius 2 is 2.05 bits per heavy atom. The lowest BCUT2D eigenvalue weighted by Gasteiger charge is -2.38. The zero-order valence-corrected chi connectivity index (χ0v) is 11.5. The van der Waals surface area contributed by atoms with Crippen molar-refractivity contribution in [2.75, 3.05) is 18.0 Å². The Hall–Kier alpha value is -1.46. The van der Waals surface area contributed by atoms with Crippen molar-refractivity contribution in [2.24, 2.45) is 0 Å². The minimum Gasteiger partial charge on any atom is -0.389 e. The molecule has 0 radical (unpaired) electrons. The monoisotopic (exact) mass is 275 g/mol. The second-order valence-corrected chi connectivity index (χ2v) is 5.90. The molecular weight excluding hydrogens is 258 g/mol. The van der Waals surface area contributed by atoms with Gasteiger partial charge in [-0.2, -0.15) is 0 Å². The van der Waals surface area contributed by atoms with Gasteiger partial charge in [0.15, 0.2) is 5.13 Å². The molecule has 1 aliphatic heterocycles. The van der Waals surface area contributed by atoms with E-state index in [0.29, 0.717) is 6.42 Å². The summed E-state index contributed by atoms with van der Waals surface area (Å²) in [6, 6.07) is 5.85. The van der Waals surface area contributed by atoms with Crippen molar-refractivity contribution in [2.45, 2.75) is 24.9 Å². The van der Waals surface area contributed by atoms with Gasteiger partial charge in [0.05, 0.1) is 5.60 Å². The third-order valence-electron chi connectivity index (χ3n) is 3.62. The highest BCUT2D eigenvalue weighted by atomic mass is 32.1.